The van der Waals surface area contributed by atoms with Gasteiger partial charge in [0.1, 0.15) is 0 Å². The van der Waals surface area contributed by atoms with Crippen molar-refractivity contribution in [2.75, 3.05) is 0 Å². The minimum Gasteiger partial charge on any atom is -0.200 e. The second-order valence-corrected chi connectivity index (χ2v) is 6.78. The highest BCUT2D eigenvalue weighted by Gasteiger charge is 2.11. The molecule has 0 atom stereocenters. The SMILES string of the molecule is O=S(=O)(N/N=C/c1ccccc1Br)c1ccc(Cl)cc1. The first-order chi connectivity index (χ1) is 9.49. The Labute approximate surface area is 130 Å². The van der Waals surface area contributed by atoms with Gasteiger partial charge in [-0.1, -0.05) is 45.7 Å². The van der Waals surface area contributed by atoms with Crippen LogP contribution in [0.5, 0.6) is 0 Å². The Kier molecular flexibility index (Phi) is 4.80. The molecule has 7 heteroatoms. The summed E-state index contributed by atoms with van der Waals surface area (Å²) in [5.74, 6) is 0. The van der Waals surface area contributed by atoms with Gasteiger partial charge in [-0.15, -0.1) is 0 Å². The fraction of sp³-hybridized carbons (Fsp3) is 0. The van der Waals surface area contributed by atoms with Gasteiger partial charge in [0.2, 0.25) is 0 Å². The molecule has 0 aromatic heterocycles. The van der Waals surface area contributed by atoms with Crippen molar-refractivity contribution >= 4 is 43.8 Å². The molecule has 20 heavy (non-hydrogen) atoms. The number of nitrogens with zero attached hydrogens (tertiary/aromatic N) is 1. The highest BCUT2D eigenvalue weighted by molar-refractivity contribution is 9.10. The molecular formula is C13H10BrClN2O2S. The van der Waals surface area contributed by atoms with E-state index in [1.165, 1.54) is 30.5 Å². The molecule has 0 saturated carbocycles. The predicted octanol–water partition coefficient (Wildman–Crippen LogP) is 3.41. The van der Waals surface area contributed by atoms with E-state index < -0.39 is 10.0 Å². The maximum atomic E-state index is 11.9. The molecule has 2 aromatic carbocycles. The Balaban J connectivity index is 2.14. The molecule has 0 unspecified atom stereocenters. The fourth-order valence-electron chi connectivity index (χ4n) is 1.41. The van der Waals surface area contributed by atoms with Crippen LogP contribution in [0.25, 0.3) is 0 Å². The van der Waals surface area contributed by atoms with Gasteiger partial charge in [-0.2, -0.15) is 13.5 Å². The number of hydrazone groups is 1. The minimum absolute atomic E-state index is 0.103. The highest BCUT2D eigenvalue weighted by atomic mass is 79.9. The van der Waals surface area contributed by atoms with Gasteiger partial charge in [-0.25, -0.2) is 4.83 Å². The van der Waals surface area contributed by atoms with E-state index >= 15 is 0 Å². The summed E-state index contributed by atoms with van der Waals surface area (Å²) in [5, 5.41) is 4.22. The van der Waals surface area contributed by atoms with Crippen LogP contribution in [0.1, 0.15) is 5.56 Å². The molecule has 4 nitrogen and oxygen atoms in total. The molecule has 0 saturated heterocycles. The average molecular weight is 374 g/mol. The van der Waals surface area contributed by atoms with E-state index in [-0.39, 0.29) is 4.90 Å². The quantitative estimate of drug-likeness (QED) is 0.659. The zero-order valence-electron chi connectivity index (χ0n) is 10.1. The number of hydrogen-bond acceptors (Lipinski definition) is 3. The van der Waals surface area contributed by atoms with E-state index in [4.69, 9.17) is 11.6 Å². The third kappa shape index (κ3) is 3.82. The minimum atomic E-state index is -3.68. The van der Waals surface area contributed by atoms with Gasteiger partial charge >= 0.3 is 0 Å². The van der Waals surface area contributed by atoms with Crippen molar-refractivity contribution in [2.45, 2.75) is 4.90 Å². The molecular weight excluding hydrogens is 364 g/mol. The van der Waals surface area contributed by atoms with E-state index in [0.29, 0.717) is 5.02 Å². The number of sulfonamides is 1. The Morgan fingerprint density at radius 2 is 1.75 bits per heavy atom. The van der Waals surface area contributed by atoms with Crippen molar-refractivity contribution in [3.8, 4) is 0 Å². The summed E-state index contributed by atoms with van der Waals surface area (Å²) in [4.78, 5) is 2.25. The lowest BCUT2D eigenvalue weighted by molar-refractivity contribution is 0.584. The summed E-state index contributed by atoms with van der Waals surface area (Å²) in [5.41, 5.74) is 0.770. The molecule has 1 N–H and O–H groups in total. The maximum Gasteiger partial charge on any atom is 0.276 e. The van der Waals surface area contributed by atoms with Crippen LogP contribution in [0, 0.1) is 0 Å². The van der Waals surface area contributed by atoms with Crippen molar-refractivity contribution in [3.63, 3.8) is 0 Å². The van der Waals surface area contributed by atoms with Crippen LogP contribution in [0.4, 0.5) is 0 Å². The standard InChI is InChI=1S/C13H10BrClN2O2S/c14-13-4-2-1-3-10(13)9-16-17-20(18,19)12-7-5-11(15)6-8-12/h1-9,17H/b16-9+. The molecule has 0 amide bonds. The second-order valence-electron chi connectivity index (χ2n) is 3.83. The molecule has 0 aliphatic heterocycles. The van der Waals surface area contributed by atoms with Gasteiger partial charge in [-0.3, -0.25) is 0 Å². The molecule has 0 aliphatic carbocycles. The third-order valence-corrected chi connectivity index (χ3v) is 4.62. The van der Waals surface area contributed by atoms with Gasteiger partial charge in [0.15, 0.2) is 0 Å². The van der Waals surface area contributed by atoms with Crippen LogP contribution in [0.15, 0.2) is 63.0 Å². The summed E-state index contributed by atoms with van der Waals surface area (Å²) in [6.07, 6.45) is 1.43. The Bertz CT molecular complexity index is 730. The summed E-state index contributed by atoms with van der Waals surface area (Å²) in [7, 11) is -3.68. The van der Waals surface area contributed by atoms with Crippen LogP contribution in [0.3, 0.4) is 0 Å². The van der Waals surface area contributed by atoms with Gasteiger partial charge < -0.3 is 0 Å². The first-order valence-corrected chi connectivity index (χ1v) is 8.19. The van der Waals surface area contributed by atoms with Crippen molar-refractivity contribution in [2.24, 2.45) is 5.10 Å². The molecule has 0 heterocycles. The van der Waals surface area contributed by atoms with Gasteiger partial charge in [0, 0.05) is 15.1 Å². The van der Waals surface area contributed by atoms with Crippen LogP contribution in [0.2, 0.25) is 5.02 Å². The zero-order chi connectivity index (χ0) is 14.6. The largest absolute Gasteiger partial charge is 0.276 e. The van der Waals surface area contributed by atoms with Crippen molar-refractivity contribution in [1.82, 2.24) is 4.83 Å². The van der Waals surface area contributed by atoms with Crippen LogP contribution in [-0.2, 0) is 10.0 Å². The first kappa shape index (κ1) is 15.0. The van der Waals surface area contributed by atoms with Crippen LogP contribution < -0.4 is 4.83 Å². The van der Waals surface area contributed by atoms with Gasteiger partial charge in [-0.05, 0) is 30.3 Å². The molecule has 2 rings (SSSR count). The fourth-order valence-corrected chi connectivity index (χ4v) is 2.72. The third-order valence-electron chi connectivity index (χ3n) is 2.41. The van der Waals surface area contributed by atoms with Crippen molar-refractivity contribution in [3.05, 3.63) is 63.6 Å². The Morgan fingerprint density at radius 3 is 2.40 bits per heavy atom. The highest BCUT2D eigenvalue weighted by Crippen LogP contribution is 2.15. The molecule has 0 spiro atoms. The summed E-state index contributed by atoms with van der Waals surface area (Å²) in [6, 6.07) is 13.2. The summed E-state index contributed by atoms with van der Waals surface area (Å²) < 4.78 is 24.7. The van der Waals surface area contributed by atoms with E-state index in [1.807, 2.05) is 24.3 Å². The Hall–Kier alpha value is -1.37. The number of nitrogens with one attached hydrogen (secondary N) is 1. The van der Waals surface area contributed by atoms with E-state index in [0.717, 1.165) is 10.0 Å². The van der Waals surface area contributed by atoms with Gasteiger partial charge in [0.25, 0.3) is 10.0 Å². The summed E-state index contributed by atoms with van der Waals surface area (Å²) >= 11 is 9.06. The topological polar surface area (TPSA) is 58.5 Å². The molecule has 104 valence electrons. The smallest absolute Gasteiger partial charge is 0.200 e. The van der Waals surface area contributed by atoms with E-state index in [2.05, 4.69) is 25.9 Å². The Morgan fingerprint density at radius 1 is 1.10 bits per heavy atom. The maximum absolute atomic E-state index is 11.9. The number of benzene rings is 2. The van der Waals surface area contributed by atoms with Crippen LogP contribution >= 0.6 is 27.5 Å². The monoisotopic (exact) mass is 372 g/mol. The predicted molar refractivity (Wildman–Crippen MR) is 83.5 cm³/mol. The van der Waals surface area contributed by atoms with Crippen molar-refractivity contribution < 1.29 is 8.42 Å². The average Bonchev–Trinajstić information content (AvgIpc) is 2.41. The number of rotatable bonds is 4. The normalized spacial score (nSPS) is 11.7. The second kappa shape index (κ2) is 6.39. The zero-order valence-corrected chi connectivity index (χ0v) is 13.3. The molecule has 0 radical (unpaired) electrons. The lowest BCUT2D eigenvalue weighted by Gasteiger charge is -2.03. The molecule has 0 bridgehead atoms. The van der Waals surface area contributed by atoms with Crippen molar-refractivity contribution in [1.29, 1.82) is 0 Å². The molecule has 2 aromatic rings. The first-order valence-electron chi connectivity index (χ1n) is 5.54. The molecule has 0 aliphatic rings. The van der Waals surface area contributed by atoms with E-state index in [1.54, 1.807) is 0 Å². The molecule has 0 fully saturated rings. The lowest BCUT2D eigenvalue weighted by atomic mass is 10.2. The van der Waals surface area contributed by atoms with Crippen LogP contribution in [-0.4, -0.2) is 14.6 Å². The van der Waals surface area contributed by atoms with E-state index in [9.17, 15) is 8.42 Å². The van der Waals surface area contributed by atoms with Gasteiger partial charge in [0.05, 0.1) is 11.1 Å². The lowest BCUT2D eigenvalue weighted by Crippen LogP contribution is -2.18. The number of halogens is 2. The number of hydrogen-bond donors (Lipinski definition) is 1. The summed E-state index contributed by atoms with van der Waals surface area (Å²) in [6.45, 7) is 0.